The smallest absolute Gasteiger partial charge is 0.200 e. The van der Waals surface area contributed by atoms with E-state index < -0.39 is 15.7 Å². The summed E-state index contributed by atoms with van der Waals surface area (Å²) in [5.74, 6) is -0.511. The Kier molecular flexibility index (Phi) is 2.19. The van der Waals surface area contributed by atoms with Gasteiger partial charge >= 0.3 is 0 Å². The van der Waals surface area contributed by atoms with Gasteiger partial charge in [0.25, 0.3) is 0 Å². The molecular weight excluding hydrogens is 219 g/mol. The van der Waals surface area contributed by atoms with Crippen LogP contribution in [0.4, 0.5) is 4.39 Å². The van der Waals surface area contributed by atoms with Crippen molar-refractivity contribution < 1.29 is 17.6 Å². The quantitative estimate of drug-likeness (QED) is 0.567. The third-order valence-corrected chi connectivity index (χ3v) is 3.76. The van der Waals surface area contributed by atoms with Crippen molar-refractivity contribution >= 4 is 21.7 Å². The van der Waals surface area contributed by atoms with E-state index in [1.54, 1.807) is 0 Å². The molecule has 1 aliphatic heterocycles. The second-order valence-corrected chi connectivity index (χ2v) is 4.96. The normalized spacial score (nSPS) is 17.0. The number of fused-ring (bicyclic) bond motifs is 1. The Bertz CT molecular complexity index is 558. The number of hydrogen-bond donors (Lipinski definition) is 0. The molecule has 0 fully saturated rings. The van der Waals surface area contributed by atoms with E-state index in [4.69, 9.17) is 0 Å². The third-order valence-electron chi connectivity index (χ3n) is 2.19. The maximum atomic E-state index is 12.9. The first kappa shape index (κ1) is 10.0. The molecule has 1 heterocycles. The van der Waals surface area contributed by atoms with E-state index in [1.165, 1.54) is 6.07 Å². The van der Waals surface area contributed by atoms with Gasteiger partial charge in [-0.2, -0.15) is 0 Å². The molecule has 0 saturated carbocycles. The number of aldehydes is 1. The number of allylic oxidation sites excluding steroid dienone is 1. The summed E-state index contributed by atoms with van der Waals surface area (Å²) in [6, 6.07) is 3.44. The zero-order chi connectivity index (χ0) is 11.1. The predicted octanol–water partition coefficient (Wildman–Crippen LogP) is 1.54. The molecule has 0 unspecified atom stereocenters. The fraction of sp³-hybridized carbons (Fsp3) is 0.100. The number of benzene rings is 1. The van der Waals surface area contributed by atoms with Crippen LogP contribution in [0, 0.1) is 5.82 Å². The Balaban J connectivity index is 2.68. The molecule has 1 aromatic rings. The topological polar surface area (TPSA) is 51.2 Å². The minimum Gasteiger partial charge on any atom is -0.303 e. The summed E-state index contributed by atoms with van der Waals surface area (Å²) in [7, 11) is -3.48. The van der Waals surface area contributed by atoms with Crippen LogP contribution in [0.15, 0.2) is 28.5 Å². The molecule has 78 valence electrons. The Hall–Kier alpha value is -1.49. The fourth-order valence-electron chi connectivity index (χ4n) is 1.56. The summed E-state index contributed by atoms with van der Waals surface area (Å²) < 4.78 is 36.0. The van der Waals surface area contributed by atoms with Crippen molar-refractivity contribution in [3.63, 3.8) is 0 Å². The lowest BCUT2D eigenvalue weighted by atomic mass is 10.1. The lowest BCUT2D eigenvalue weighted by Gasteiger charge is -2.00. The Labute approximate surface area is 86.1 Å². The molecule has 0 radical (unpaired) electrons. The summed E-state index contributed by atoms with van der Waals surface area (Å²) in [5, 5.41) is 1.02. The van der Waals surface area contributed by atoms with Crippen LogP contribution in [0.2, 0.25) is 0 Å². The molecule has 15 heavy (non-hydrogen) atoms. The molecule has 0 bridgehead atoms. The summed E-state index contributed by atoms with van der Waals surface area (Å²) in [4.78, 5) is 10.4. The van der Waals surface area contributed by atoms with Crippen molar-refractivity contribution in [2.75, 3.05) is 0 Å². The van der Waals surface area contributed by atoms with Gasteiger partial charge in [0.05, 0.1) is 4.90 Å². The lowest BCUT2D eigenvalue weighted by molar-refractivity contribution is -0.107. The van der Waals surface area contributed by atoms with Crippen molar-refractivity contribution in [3.05, 3.63) is 35.0 Å². The molecule has 1 aliphatic rings. The highest BCUT2D eigenvalue weighted by atomic mass is 32.2. The van der Waals surface area contributed by atoms with Gasteiger partial charge in [-0.1, -0.05) is 0 Å². The predicted molar refractivity (Wildman–Crippen MR) is 52.2 cm³/mol. The minimum atomic E-state index is -3.48. The Morgan fingerprint density at radius 1 is 1.33 bits per heavy atom. The molecule has 0 spiro atoms. The molecule has 0 N–H and O–H groups in total. The molecule has 5 heteroatoms. The van der Waals surface area contributed by atoms with Crippen molar-refractivity contribution in [2.24, 2.45) is 0 Å². The lowest BCUT2D eigenvalue weighted by Crippen LogP contribution is -1.93. The average Bonchev–Trinajstić information content (AvgIpc) is 2.39. The van der Waals surface area contributed by atoms with E-state index in [1.807, 2.05) is 0 Å². The van der Waals surface area contributed by atoms with E-state index in [0.29, 0.717) is 17.4 Å². The molecule has 0 saturated heterocycles. The molecular formula is C10H7FO3S. The molecule has 2 rings (SSSR count). The maximum absolute atomic E-state index is 12.9. The van der Waals surface area contributed by atoms with Crippen LogP contribution in [-0.2, 0) is 14.6 Å². The fourth-order valence-corrected chi connectivity index (χ4v) is 3.04. The van der Waals surface area contributed by atoms with Crippen molar-refractivity contribution in [2.45, 2.75) is 11.3 Å². The average molecular weight is 226 g/mol. The first-order valence-corrected chi connectivity index (χ1v) is 5.78. The number of carbonyl (C=O) groups excluding carboxylic acids is 1. The van der Waals surface area contributed by atoms with Gasteiger partial charge in [0, 0.05) is 17.4 Å². The van der Waals surface area contributed by atoms with Crippen LogP contribution < -0.4 is 0 Å². The zero-order valence-corrected chi connectivity index (χ0v) is 8.42. The van der Waals surface area contributed by atoms with Gasteiger partial charge < -0.3 is 4.79 Å². The first-order valence-electron chi connectivity index (χ1n) is 4.24. The standard InChI is InChI=1S/C10H7FO3S/c11-8-1-2-10-9(5-8)7(3-4-12)6-15(10,13)14/h1-2,4-6H,3H2. The SMILES string of the molecule is O=CCC1=CS(=O)(=O)c2ccc(F)cc21. The van der Waals surface area contributed by atoms with E-state index in [-0.39, 0.29) is 11.3 Å². The monoisotopic (exact) mass is 226 g/mol. The number of halogens is 1. The second kappa shape index (κ2) is 3.27. The van der Waals surface area contributed by atoms with Crippen LogP contribution in [0.1, 0.15) is 12.0 Å². The molecule has 0 amide bonds. The summed E-state index contributed by atoms with van der Waals surface area (Å²) in [6.45, 7) is 0. The molecule has 0 aromatic heterocycles. The molecule has 0 atom stereocenters. The number of carbonyl (C=O) groups is 1. The van der Waals surface area contributed by atoms with Crippen molar-refractivity contribution in [1.29, 1.82) is 0 Å². The number of rotatable bonds is 2. The van der Waals surface area contributed by atoms with Crippen LogP contribution in [0.5, 0.6) is 0 Å². The van der Waals surface area contributed by atoms with Gasteiger partial charge in [0.1, 0.15) is 12.1 Å². The van der Waals surface area contributed by atoms with E-state index in [2.05, 4.69) is 0 Å². The van der Waals surface area contributed by atoms with Gasteiger partial charge in [-0.15, -0.1) is 0 Å². The summed E-state index contributed by atoms with van der Waals surface area (Å²) in [5.41, 5.74) is 0.640. The summed E-state index contributed by atoms with van der Waals surface area (Å²) >= 11 is 0. The Morgan fingerprint density at radius 3 is 2.73 bits per heavy atom. The minimum absolute atomic E-state index is 0.0182. The molecule has 0 aliphatic carbocycles. The van der Waals surface area contributed by atoms with E-state index >= 15 is 0 Å². The van der Waals surface area contributed by atoms with Crippen molar-refractivity contribution in [1.82, 2.24) is 0 Å². The van der Waals surface area contributed by atoms with Crippen LogP contribution in [-0.4, -0.2) is 14.7 Å². The van der Waals surface area contributed by atoms with Gasteiger partial charge in [0.15, 0.2) is 0 Å². The first-order chi connectivity index (χ1) is 7.04. The highest BCUT2D eigenvalue weighted by molar-refractivity contribution is 7.95. The van der Waals surface area contributed by atoms with Crippen molar-refractivity contribution in [3.8, 4) is 0 Å². The number of hydrogen-bond acceptors (Lipinski definition) is 3. The Morgan fingerprint density at radius 2 is 2.07 bits per heavy atom. The largest absolute Gasteiger partial charge is 0.303 e. The van der Waals surface area contributed by atoms with Gasteiger partial charge in [-0.3, -0.25) is 0 Å². The van der Waals surface area contributed by atoms with Crippen LogP contribution in [0.25, 0.3) is 5.57 Å². The van der Waals surface area contributed by atoms with Gasteiger partial charge in [-0.05, 0) is 23.8 Å². The van der Waals surface area contributed by atoms with Crippen LogP contribution in [0.3, 0.4) is 0 Å². The zero-order valence-electron chi connectivity index (χ0n) is 7.60. The van der Waals surface area contributed by atoms with E-state index in [0.717, 1.165) is 17.5 Å². The molecule has 3 nitrogen and oxygen atoms in total. The van der Waals surface area contributed by atoms with E-state index in [9.17, 15) is 17.6 Å². The maximum Gasteiger partial charge on any atom is 0.200 e. The summed E-state index contributed by atoms with van der Waals surface area (Å²) in [6.07, 6.45) is 0.580. The third kappa shape index (κ3) is 1.59. The number of sulfone groups is 1. The highest BCUT2D eigenvalue weighted by Gasteiger charge is 2.26. The molecule has 1 aromatic carbocycles. The van der Waals surface area contributed by atoms with Gasteiger partial charge in [-0.25, -0.2) is 12.8 Å². The van der Waals surface area contributed by atoms with Gasteiger partial charge in [0.2, 0.25) is 9.84 Å². The second-order valence-electron chi connectivity index (χ2n) is 3.20. The van der Waals surface area contributed by atoms with Crippen LogP contribution >= 0.6 is 0 Å². The highest BCUT2D eigenvalue weighted by Crippen LogP contribution is 2.34.